The van der Waals surface area contributed by atoms with Crippen molar-refractivity contribution < 1.29 is 9.47 Å². The van der Waals surface area contributed by atoms with E-state index in [-0.39, 0.29) is 18.5 Å². The van der Waals surface area contributed by atoms with E-state index in [0.717, 1.165) is 27.8 Å². The minimum Gasteiger partial charge on any atom is -0.485 e. The quantitative estimate of drug-likeness (QED) is 0.679. The molecule has 0 amide bonds. The number of hydrogen-bond acceptors (Lipinski definition) is 4. The smallest absolute Gasteiger partial charge is 0.184 e. The van der Waals surface area contributed by atoms with Crippen LogP contribution in [-0.2, 0) is 0 Å². The minimum absolute atomic E-state index is 0. The van der Waals surface area contributed by atoms with Crippen molar-refractivity contribution in [3.05, 3.63) is 65.0 Å². The predicted octanol–water partition coefficient (Wildman–Crippen LogP) is 4.74. The summed E-state index contributed by atoms with van der Waals surface area (Å²) in [5, 5.41) is 3.01. The number of aromatic nitrogens is 1. The second kappa shape index (κ2) is 6.38. The van der Waals surface area contributed by atoms with E-state index in [0.29, 0.717) is 6.61 Å². The molecule has 0 spiro atoms. The molecule has 22 heavy (non-hydrogen) atoms. The maximum absolute atomic E-state index is 5.99. The van der Waals surface area contributed by atoms with Crippen molar-refractivity contribution in [1.82, 2.24) is 4.98 Å². The van der Waals surface area contributed by atoms with Crippen LogP contribution in [0.15, 0.2) is 60.0 Å². The molecule has 0 aliphatic carbocycles. The van der Waals surface area contributed by atoms with Gasteiger partial charge in [-0.1, -0.05) is 42.5 Å². The van der Waals surface area contributed by atoms with Gasteiger partial charge in [0.2, 0.25) is 0 Å². The van der Waals surface area contributed by atoms with Gasteiger partial charge in [-0.3, -0.25) is 0 Å². The summed E-state index contributed by atoms with van der Waals surface area (Å²) in [5.74, 6) is 1.58. The first kappa shape index (κ1) is 14.9. The third-order valence-electron chi connectivity index (χ3n) is 3.38. The Morgan fingerprint density at radius 1 is 0.955 bits per heavy atom. The van der Waals surface area contributed by atoms with Gasteiger partial charge >= 0.3 is 0 Å². The van der Waals surface area contributed by atoms with Crippen molar-refractivity contribution in [2.45, 2.75) is 6.10 Å². The van der Waals surface area contributed by atoms with Crippen LogP contribution in [0, 0.1) is 0 Å². The summed E-state index contributed by atoms with van der Waals surface area (Å²) in [6, 6.07) is 17.9. The Kier molecular flexibility index (Phi) is 4.32. The summed E-state index contributed by atoms with van der Waals surface area (Å²) in [5.41, 5.74) is 2.11. The molecule has 1 aliphatic rings. The third kappa shape index (κ3) is 2.80. The van der Waals surface area contributed by atoms with E-state index in [1.54, 1.807) is 11.3 Å². The topological polar surface area (TPSA) is 31.4 Å². The van der Waals surface area contributed by atoms with Crippen LogP contribution in [0.1, 0.15) is 11.1 Å². The van der Waals surface area contributed by atoms with E-state index in [4.69, 9.17) is 14.5 Å². The van der Waals surface area contributed by atoms with Gasteiger partial charge in [0, 0.05) is 10.9 Å². The molecule has 3 nitrogen and oxygen atoms in total. The van der Waals surface area contributed by atoms with Gasteiger partial charge in [0.25, 0.3) is 0 Å². The van der Waals surface area contributed by atoms with Crippen molar-refractivity contribution in [3.63, 3.8) is 0 Å². The molecule has 1 aromatic heterocycles. The summed E-state index contributed by atoms with van der Waals surface area (Å²) in [7, 11) is 0. The lowest BCUT2D eigenvalue weighted by Crippen LogP contribution is -2.21. The molecule has 2 aromatic carbocycles. The van der Waals surface area contributed by atoms with Gasteiger partial charge in [-0.2, -0.15) is 0 Å². The van der Waals surface area contributed by atoms with E-state index in [1.807, 2.05) is 42.5 Å². The first-order valence-corrected chi connectivity index (χ1v) is 7.67. The van der Waals surface area contributed by atoms with Crippen LogP contribution in [0.4, 0.5) is 0 Å². The Morgan fingerprint density at radius 3 is 2.50 bits per heavy atom. The fourth-order valence-electron chi connectivity index (χ4n) is 2.32. The Labute approximate surface area is 139 Å². The largest absolute Gasteiger partial charge is 0.485 e. The fraction of sp³-hybridized carbons (Fsp3) is 0.118. The highest BCUT2D eigenvalue weighted by Gasteiger charge is 2.25. The van der Waals surface area contributed by atoms with Crippen molar-refractivity contribution in [2.75, 3.05) is 6.61 Å². The standard InChI is InChI=1S/C17H13NO2S.ClH/c1-2-6-12(7-3-1)13-11-21-17(18-13)16-10-19-14-8-4-5-9-15(14)20-16;/h1-9,11,16H,10H2;1H. The van der Waals surface area contributed by atoms with Gasteiger partial charge in [-0.25, -0.2) is 4.98 Å². The normalized spacial score (nSPS) is 15.9. The van der Waals surface area contributed by atoms with E-state index in [2.05, 4.69) is 17.5 Å². The van der Waals surface area contributed by atoms with Gasteiger partial charge in [0.15, 0.2) is 17.6 Å². The first-order chi connectivity index (χ1) is 10.4. The lowest BCUT2D eigenvalue weighted by molar-refractivity contribution is 0.0911. The number of para-hydroxylation sites is 2. The molecule has 0 saturated heterocycles. The highest BCUT2D eigenvalue weighted by atomic mass is 35.5. The number of thiazole rings is 1. The van der Waals surface area contributed by atoms with Crippen LogP contribution < -0.4 is 9.47 Å². The van der Waals surface area contributed by atoms with Crippen LogP contribution in [0.2, 0.25) is 0 Å². The van der Waals surface area contributed by atoms with E-state index >= 15 is 0 Å². The highest BCUT2D eigenvalue weighted by molar-refractivity contribution is 7.10. The average Bonchev–Trinajstić information content (AvgIpc) is 3.05. The fourth-order valence-corrected chi connectivity index (χ4v) is 3.16. The molecule has 0 bridgehead atoms. The van der Waals surface area contributed by atoms with Crippen LogP contribution in [0.5, 0.6) is 11.5 Å². The zero-order chi connectivity index (χ0) is 14.1. The lowest BCUT2D eigenvalue weighted by Gasteiger charge is -2.24. The summed E-state index contributed by atoms with van der Waals surface area (Å²) < 4.78 is 11.7. The number of fused-ring (bicyclic) bond motifs is 1. The summed E-state index contributed by atoms with van der Waals surface area (Å²) in [4.78, 5) is 4.69. The molecule has 2 heterocycles. The van der Waals surface area contributed by atoms with Gasteiger partial charge in [0.05, 0.1) is 5.69 Å². The molecular weight excluding hydrogens is 318 g/mol. The summed E-state index contributed by atoms with van der Waals surface area (Å²) >= 11 is 1.61. The van der Waals surface area contributed by atoms with Crippen LogP contribution in [0.25, 0.3) is 11.3 Å². The molecule has 0 saturated carbocycles. The molecule has 1 aliphatic heterocycles. The SMILES string of the molecule is Cl.c1ccc(-c2csc(C3COc4ccccc4O3)n2)cc1. The molecule has 4 rings (SSSR count). The molecule has 1 unspecified atom stereocenters. The molecule has 0 N–H and O–H groups in total. The van der Waals surface area contributed by atoms with Gasteiger partial charge < -0.3 is 9.47 Å². The first-order valence-electron chi connectivity index (χ1n) is 6.79. The van der Waals surface area contributed by atoms with E-state index in [9.17, 15) is 0 Å². The highest BCUT2D eigenvalue weighted by Crippen LogP contribution is 2.37. The van der Waals surface area contributed by atoms with Crippen LogP contribution >= 0.6 is 23.7 Å². The molecule has 0 fully saturated rings. The van der Waals surface area contributed by atoms with Crippen molar-refractivity contribution in [1.29, 1.82) is 0 Å². The zero-order valence-corrected chi connectivity index (χ0v) is 13.3. The van der Waals surface area contributed by atoms with Crippen molar-refractivity contribution in [2.24, 2.45) is 0 Å². The van der Waals surface area contributed by atoms with E-state index in [1.165, 1.54) is 0 Å². The molecule has 112 valence electrons. The Balaban J connectivity index is 0.00000144. The second-order valence-electron chi connectivity index (χ2n) is 4.80. The minimum atomic E-state index is -0.137. The maximum Gasteiger partial charge on any atom is 0.184 e. The lowest BCUT2D eigenvalue weighted by atomic mass is 10.2. The number of hydrogen-bond donors (Lipinski definition) is 0. The number of benzene rings is 2. The molecular formula is C17H14ClNO2S. The average molecular weight is 332 g/mol. The molecule has 5 heteroatoms. The number of rotatable bonds is 2. The van der Waals surface area contributed by atoms with Crippen LogP contribution in [-0.4, -0.2) is 11.6 Å². The second-order valence-corrected chi connectivity index (χ2v) is 5.69. The molecule has 3 aromatic rings. The third-order valence-corrected chi connectivity index (χ3v) is 4.31. The predicted molar refractivity (Wildman–Crippen MR) is 90.1 cm³/mol. The molecule has 1 atom stereocenters. The van der Waals surface area contributed by atoms with Gasteiger partial charge in [-0.15, -0.1) is 23.7 Å². The number of halogens is 1. The number of nitrogens with zero attached hydrogens (tertiary/aromatic N) is 1. The van der Waals surface area contributed by atoms with E-state index < -0.39 is 0 Å². The zero-order valence-electron chi connectivity index (χ0n) is 11.6. The van der Waals surface area contributed by atoms with Crippen molar-refractivity contribution >= 4 is 23.7 Å². The van der Waals surface area contributed by atoms with Gasteiger partial charge in [-0.05, 0) is 12.1 Å². The Hall–Kier alpha value is -2.04. The summed E-state index contributed by atoms with van der Waals surface area (Å²) in [6.07, 6.45) is -0.137. The Bertz CT molecular complexity index is 760. The maximum atomic E-state index is 5.99. The monoisotopic (exact) mass is 331 g/mol. The van der Waals surface area contributed by atoms with Crippen LogP contribution in [0.3, 0.4) is 0 Å². The molecule has 0 radical (unpaired) electrons. The Morgan fingerprint density at radius 2 is 1.68 bits per heavy atom. The summed E-state index contributed by atoms with van der Waals surface area (Å²) in [6.45, 7) is 0.499. The van der Waals surface area contributed by atoms with Crippen molar-refractivity contribution in [3.8, 4) is 22.8 Å². The van der Waals surface area contributed by atoms with Gasteiger partial charge in [0.1, 0.15) is 11.6 Å². The number of ether oxygens (including phenoxy) is 2.